The minimum atomic E-state index is -1.08. The summed E-state index contributed by atoms with van der Waals surface area (Å²) in [6.45, 7) is 2.14. The molecule has 0 amide bonds. The highest BCUT2D eigenvalue weighted by atomic mass is 35.5. The van der Waals surface area contributed by atoms with Crippen LogP contribution >= 0.6 is 22.9 Å². The fraction of sp³-hybridized carbons (Fsp3) is 0.333. The molecule has 29 heavy (non-hydrogen) atoms. The molecule has 3 rings (SSSR count). The summed E-state index contributed by atoms with van der Waals surface area (Å²) in [4.78, 5) is 22.8. The smallest absolute Gasteiger partial charge is 0.303 e. The zero-order valence-corrected chi connectivity index (χ0v) is 17.6. The number of halogens is 2. The molecule has 2 N–H and O–H groups in total. The van der Waals surface area contributed by atoms with Crippen molar-refractivity contribution in [3.05, 3.63) is 62.6 Å². The van der Waals surface area contributed by atoms with Gasteiger partial charge in [-0.15, -0.1) is 11.3 Å². The van der Waals surface area contributed by atoms with Crippen LogP contribution in [0.2, 0.25) is 5.02 Å². The summed E-state index contributed by atoms with van der Waals surface area (Å²) in [7, 11) is 2.15. The first kappa shape index (κ1) is 23.1. The fourth-order valence-electron chi connectivity index (χ4n) is 2.93. The van der Waals surface area contributed by atoms with Crippen molar-refractivity contribution in [3.63, 3.8) is 0 Å². The maximum absolute atomic E-state index is 13.2. The molecule has 1 aromatic carbocycles. The van der Waals surface area contributed by atoms with E-state index >= 15 is 0 Å². The quantitative estimate of drug-likeness (QED) is 0.685. The number of rotatable bonds is 5. The van der Waals surface area contributed by atoms with Gasteiger partial charge in [-0.2, -0.15) is 0 Å². The fourth-order valence-corrected chi connectivity index (χ4v) is 4.12. The third-order valence-corrected chi connectivity index (χ3v) is 5.74. The lowest BCUT2D eigenvalue weighted by Gasteiger charge is -2.26. The third kappa shape index (κ3) is 7.61. The van der Waals surface area contributed by atoms with E-state index in [1.807, 2.05) is 23.6 Å². The molecule has 1 aliphatic rings. The van der Waals surface area contributed by atoms with Crippen molar-refractivity contribution < 1.29 is 24.2 Å². The Morgan fingerprint density at radius 3 is 2.10 bits per heavy atom. The first-order valence-corrected chi connectivity index (χ1v) is 10.4. The molecule has 5 nitrogen and oxygen atoms in total. The predicted molar refractivity (Wildman–Crippen MR) is 113 cm³/mol. The van der Waals surface area contributed by atoms with E-state index in [2.05, 4.69) is 11.9 Å². The molecule has 0 saturated carbocycles. The highest BCUT2D eigenvalue weighted by Crippen LogP contribution is 2.36. The highest BCUT2D eigenvalue weighted by Gasteiger charge is 2.18. The molecule has 0 spiro atoms. The van der Waals surface area contributed by atoms with Crippen LogP contribution in [-0.4, -0.2) is 47.2 Å². The minimum absolute atomic E-state index is 0.198. The van der Waals surface area contributed by atoms with Crippen molar-refractivity contribution in [2.75, 3.05) is 20.1 Å². The summed E-state index contributed by atoms with van der Waals surface area (Å²) in [5.41, 5.74) is 3.76. The van der Waals surface area contributed by atoms with Crippen LogP contribution in [0.25, 0.3) is 5.57 Å². The second kappa shape index (κ2) is 11.1. The minimum Gasteiger partial charge on any atom is -0.481 e. The van der Waals surface area contributed by atoms with E-state index in [1.54, 1.807) is 11.3 Å². The Labute approximate surface area is 178 Å². The number of likely N-dealkylation sites (tertiary alicyclic amines) is 1. The molecule has 0 unspecified atom stereocenters. The Bertz CT molecular complexity index is 855. The van der Waals surface area contributed by atoms with Crippen molar-refractivity contribution in [2.45, 2.75) is 25.7 Å². The average Bonchev–Trinajstić information content (AvgIpc) is 3.10. The van der Waals surface area contributed by atoms with Gasteiger partial charge in [0, 0.05) is 23.3 Å². The zero-order chi connectivity index (χ0) is 21.4. The van der Waals surface area contributed by atoms with Crippen molar-refractivity contribution in [3.8, 4) is 0 Å². The lowest BCUT2D eigenvalue weighted by Crippen LogP contribution is -2.26. The zero-order valence-electron chi connectivity index (χ0n) is 16.0. The molecule has 1 aromatic heterocycles. The summed E-state index contributed by atoms with van der Waals surface area (Å²) >= 11 is 7.75. The van der Waals surface area contributed by atoms with Crippen molar-refractivity contribution in [2.24, 2.45) is 0 Å². The number of carboxylic acid groups (broad SMARTS) is 2. The van der Waals surface area contributed by atoms with Gasteiger partial charge in [0.1, 0.15) is 5.82 Å². The number of benzene rings is 1. The van der Waals surface area contributed by atoms with Crippen LogP contribution in [0, 0.1) is 5.82 Å². The number of thiophene rings is 1. The van der Waals surface area contributed by atoms with Gasteiger partial charge in [-0.3, -0.25) is 9.59 Å². The average molecular weight is 440 g/mol. The van der Waals surface area contributed by atoms with Gasteiger partial charge in [-0.1, -0.05) is 29.3 Å². The second-order valence-corrected chi connectivity index (χ2v) is 8.05. The van der Waals surface area contributed by atoms with Gasteiger partial charge in [0.25, 0.3) is 0 Å². The molecular formula is C21H23ClFNO4S. The Hall–Kier alpha value is -2.22. The highest BCUT2D eigenvalue weighted by molar-refractivity contribution is 7.11. The molecular weight excluding hydrogens is 417 g/mol. The standard InChI is InChI=1S/C17H17ClFNS.C4H6O4/c1-20-8-6-13(7-9-20)17(16-10-14(18)11-21-16)12-2-4-15(19)5-3-12;5-3(6)1-2-4(7)8/h2-5,10-11H,6-9H2,1H3;1-2H2,(H,5,6)(H,7,8). The van der Waals surface area contributed by atoms with E-state index in [9.17, 15) is 14.0 Å². The van der Waals surface area contributed by atoms with Crippen LogP contribution in [0.3, 0.4) is 0 Å². The maximum Gasteiger partial charge on any atom is 0.303 e. The molecule has 0 aliphatic carbocycles. The SMILES string of the molecule is CN1CCC(=C(c2ccc(F)cc2)c2cc(Cl)cs2)CC1.O=C(O)CCC(=O)O. The molecule has 2 aromatic rings. The molecule has 156 valence electrons. The lowest BCUT2D eigenvalue weighted by molar-refractivity contribution is -0.143. The van der Waals surface area contributed by atoms with E-state index in [1.165, 1.54) is 28.2 Å². The second-order valence-electron chi connectivity index (χ2n) is 6.71. The van der Waals surface area contributed by atoms with Crippen molar-refractivity contribution >= 4 is 40.4 Å². The first-order valence-electron chi connectivity index (χ1n) is 9.10. The molecule has 0 atom stereocenters. The molecule has 2 heterocycles. The van der Waals surface area contributed by atoms with Gasteiger partial charge >= 0.3 is 11.9 Å². The Kier molecular flexibility index (Phi) is 8.82. The molecule has 8 heteroatoms. The monoisotopic (exact) mass is 439 g/mol. The number of hydrogen-bond donors (Lipinski definition) is 2. The Balaban J connectivity index is 0.000000321. The molecule has 1 saturated heterocycles. The first-order chi connectivity index (χ1) is 13.8. The predicted octanol–water partition coefficient (Wildman–Crippen LogP) is 5.00. The summed E-state index contributed by atoms with van der Waals surface area (Å²) in [5.74, 6) is -2.35. The van der Waals surface area contributed by atoms with Crippen LogP contribution in [-0.2, 0) is 9.59 Å². The molecule has 0 bridgehead atoms. The van der Waals surface area contributed by atoms with Crippen LogP contribution in [0.1, 0.15) is 36.1 Å². The Morgan fingerprint density at radius 1 is 1.10 bits per heavy atom. The molecule has 0 radical (unpaired) electrons. The van der Waals surface area contributed by atoms with E-state index in [0.717, 1.165) is 36.5 Å². The van der Waals surface area contributed by atoms with Crippen LogP contribution < -0.4 is 0 Å². The Morgan fingerprint density at radius 2 is 1.66 bits per heavy atom. The molecule has 1 fully saturated rings. The van der Waals surface area contributed by atoms with Crippen molar-refractivity contribution in [1.82, 2.24) is 4.90 Å². The topological polar surface area (TPSA) is 77.8 Å². The third-order valence-electron chi connectivity index (χ3n) is 4.44. The van der Waals surface area contributed by atoms with Gasteiger partial charge < -0.3 is 15.1 Å². The largest absolute Gasteiger partial charge is 0.481 e. The summed E-state index contributed by atoms with van der Waals surface area (Å²) in [6.07, 6.45) is 1.52. The van der Waals surface area contributed by atoms with Crippen molar-refractivity contribution in [1.29, 1.82) is 0 Å². The summed E-state index contributed by atoms with van der Waals surface area (Å²) in [6, 6.07) is 8.80. The van der Waals surface area contributed by atoms with E-state index in [0.29, 0.717) is 0 Å². The van der Waals surface area contributed by atoms with Gasteiger partial charge in [-0.25, -0.2) is 4.39 Å². The number of hydrogen-bond acceptors (Lipinski definition) is 4. The molecule has 1 aliphatic heterocycles. The van der Waals surface area contributed by atoms with E-state index in [-0.39, 0.29) is 18.7 Å². The normalized spacial score (nSPS) is 14.1. The van der Waals surface area contributed by atoms with E-state index < -0.39 is 11.9 Å². The van der Waals surface area contributed by atoms with Crippen LogP contribution in [0.15, 0.2) is 41.3 Å². The number of nitrogens with zero attached hydrogens (tertiary/aromatic N) is 1. The van der Waals surface area contributed by atoms with Gasteiger partial charge in [0.05, 0.1) is 17.9 Å². The van der Waals surface area contributed by atoms with E-state index in [4.69, 9.17) is 21.8 Å². The number of carbonyl (C=O) groups is 2. The van der Waals surface area contributed by atoms with Crippen LogP contribution in [0.5, 0.6) is 0 Å². The number of piperidine rings is 1. The maximum atomic E-state index is 13.2. The number of carboxylic acids is 2. The van der Waals surface area contributed by atoms with Gasteiger partial charge in [0.2, 0.25) is 0 Å². The van der Waals surface area contributed by atoms with Gasteiger partial charge in [-0.05, 0) is 49.2 Å². The summed E-state index contributed by atoms with van der Waals surface area (Å²) in [5, 5.41) is 18.5. The summed E-state index contributed by atoms with van der Waals surface area (Å²) < 4.78 is 13.2. The van der Waals surface area contributed by atoms with Gasteiger partial charge in [0.15, 0.2) is 0 Å². The number of aliphatic carboxylic acids is 2. The lowest BCUT2D eigenvalue weighted by atomic mass is 9.92. The van der Waals surface area contributed by atoms with Crippen LogP contribution in [0.4, 0.5) is 4.39 Å².